The average Bonchev–Trinajstić information content (AvgIpc) is 3.09. The van der Waals surface area contributed by atoms with E-state index in [-0.39, 0.29) is 11.7 Å². The molecule has 0 saturated carbocycles. The van der Waals surface area contributed by atoms with Crippen molar-refractivity contribution in [1.29, 1.82) is 0 Å². The van der Waals surface area contributed by atoms with Crippen LogP contribution in [0.2, 0.25) is 0 Å². The Morgan fingerprint density at radius 1 is 1.13 bits per heavy atom. The Labute approximate surface area is 88.8 Å². The van der Waals surface area contributed by atoms with E-state index in [4.69, 9.17) is 9.47 Å². The Kier molecular flexibility index (Phi) is 2.20. The minimum atomic E-state index is -2.31. The van der Waals surface area contributed by atoms with Gasteiger partial charge in [-0.2, -0.15) is 0 Å². The highest BCUT2D eigenvalue weighted by Gasteiger charge is 2.53. The minimum absolute atomic E-state index is 0.0368. The van der Waals surface area contributed by atoms with Crippen molar-refractivity contribution in [2.75, 3.05) is 13.2 Å². The van der Waals surface area contributed by atoms with Gasteiger partial charge in [0.05, 0.1) is 13.2 Å². The zero-order valence-electron chi connectivity index (χ0n) is 8.33. The molecule has 0 aliphatic carbocycles. The van der Waals surface area contributed by atoms with E-state index in [9.17, 15) is 4.57 Å². The van der Waals surface area contributed by atoms with Gasteiger partial charge in [0, 0.05) is 6.16 Å². The molecule has 3 rings (SSSR count). The fourth-order valence-corrected chi connectivity index (χ4v) is 4.59. The summed E-state index contributed by atoms with van der Waals surface area (Å²) in [5.41, 5.74) is 1.12. The third kappa shape index (κ3) is 1.87. The number of ether oxygens (including phenoxy) is 2. The van der Waals surface area contributed by atoms with Crippen molar-refractivity contribution < 1.29 is 14.0 Å². The summed E-state index contributed by atoms with van der Waals surface area (Å²) in [4.78, 5) is 0. The third-order valence-electron chi connectivity index (χ3n) is 2.88. The zero-order chi connectivity index (χ0) is 10.3. The number of hydrogen-bond donors (Lipinski definition) is 0. The van der Waals surface area contributed by atoms with Gasteiger partial charge in [0.1, 0.15) is 11.7 Å². The SMILES string of the molecule is O=P(Cc1ccccc1)(C1CO1)C1CO1. The predicted molar refractivity (Wildman–Crippen MR) is 57.2 cm³/mol. The van der Waals surface area contributed by atoms with Gasteiger partial charge in [0.2, 0.25) is 0 Å². The topological polar surface area (TPSA) is 42.1 Å². The average molecular weight is 224 g/mol. The molecule has 3 nitrogen and oxygen atoms in total. The first-order valence-corrected chi connectivity index (χ1v) is 7.18. The lowest BCUT2D eigenvalue weighted by molar-refractivity contribution is 0.421. The maximum Gasteiger partial charge on any atom is 0.151 e. The van der Waals surface area contributed by atoms with E-state index in [1.165, 1.54) is 0 Å². The number of hydrogen-bond acceptors (Lipinski definition) is 3. The standard InChI is InChI=1S/C11H13O3P/c12-15(10-6-13-10,11-7-14-11)8-9-4-2-1-3-5-9/h1-5,10-11H,6-8H2. The van der Waals surface area contributed by atoms with E-state index in [1.54, 1.807) is 0 Å². The first-order valence-electron chi connectivity index (χ1n) is 5.14. The van der Waals surface area contributed by atoms with Crippen LogP contribution in [0.5, 0.6) is 0 Å². The van der Waals surface area contributed by atoms with Crippen LogP contribution in [0, 0.1) is 0 Å². The van der Waals surface area contributed by atoms with Crippen molar-refractivity contribution in [2.24, 2.45) is 0 Å². The molecular formula is C11H13O3P. The molecule has 0 radical (unpaired) electrons. The Balaban J connectivity index is 1.82. The molecule has 0 N–H and O–H groups in total. The van der Waals surface area contributed by atoms with Crippen LogP contribution in [-0.4, -0.2) is 24.9 Å². The molecule has 2 aliphatic rings. The molecule has 2 fully saturated rings. The first-order chi connectivity index (χ1) is 7.29. The third-order valence-corrected chi connectivity index (χ3v) is 6.28. The van der Waals surface area contributed by atoms with Crippen LogP contribution in [-0.2, 0) is 20.2 Å². The van der Waals surface area contributed by atoms with Crippen molar-refractivity contribution in [3.8, 4) is 0 Å². The summed E-state index contributed by atoms with van der Waals surface area (Å²) in [6.45, 7) is 1.29. The van der Waals surface area contributed by atoms with Crippen molar-refractivity contribution in [3.63, 3.8) is 0 Å². The van der Waals surface area contributed by atoms with Gasteiger partial charge in [-0.1, -0.05) is 30.3 Å². The maximum absolute atomic E-state index is 12.7. The summed E-state index contributed by atoms with van der Waals surface area (Å²) in [7, 11) is -2.31. The molecule has 0 amide bonds. The van der Waals surface area contributed by atoms with Crippen LogP contribution >= 0.6 is 7.14 Å². The smallest absolute Gasteiger partial charge is 0.151 e. The van der Waals surface area contributed by atoms with E-state index in [0.717, 1.165) is 5.56 Å². The van der Waals surface area contributed by atoms with E-state index >= 15 is 0 Å². The molecule has 2 heterocycles. The van der Waals surface area contributed by atoms with Gasteiger partial charge in [-0.15, -0.1) is 0 Å². The maximum atomic E-state index is 12.7. The van der Waals surface area contributed by atoms with E-state index in [0.29, 0.717) is 19.4 Å². The molecule has 80 valence electrons. The zero-order valence-corrected chi connectivity index (χ0v) is 9.23. The van der Waals surface area contributed by atoms with Gasteiger partial charge in [0.25, 0.3) is 0 Å². The van der Waals surface area contributed by atoms with E-state index in [1.807, 2.05) is 30.3 Å². The molecule has 2 atom stereocenters. The van der Waals surface area contributed by atoms with Gasteiger partial charge >= 0.3 is 0 Å². The molecular weight excluding hydrogens is 211 g/mol. The van der Waals surface area contributed by atoms with Crippen LogP contribution in [0.4, 0.5) is 0 Å². The molecule has 2 saturated heterocycles. The summed E-state index contributed by atoms with van der Waals surface area (Å²) in [6, 6.07) is 9.94. The van der Waals surface area contributed by atoms with Crippen molar-refractivity contribution >= 4 is 7.14 Å². The molecule has 0 aromatic heterocycles. The molecule has 2 aliphatic heterocycles. The largest absolute Gasteiger partial charge is 0.365 e. The number of benzene rings is 1. The lowest BCUT2D eigenvalue weighted by atomic mass is 10.2. The van der Waals surface area contributed by atoms with Crippen LogP contribution in [0.1, 0.15) is 5.56 Å². The fraction of sp³-hybridized carbons (Fsp3) is 0.455. The van der Waals surface area contributed by atoms with Crippen LogP contribution in [0.3, 0.4) is 0 Å². The van der Waals surface area contributed by atoms with Gasteiger partial charge in [-0.25, -0.2) is 0 Å². The van der Waals surface area contributed by atoms with Crippen LogP contribution < -0.4 is 0 Å². The van der Waals surface area contributed by atoms with Gasteiger partial charge in [-0.05, 0) is 5.56 Å². The monoisotopic (exact) mass is 224 g/mol. The van der Waals surface area contributed by atoms with Crippen molar-refractivity contribution in [3.05, 3.63) is 35.9 Å². The molecule has 1 aromatic rings. The predicted octanol–water partition coefficient (Wildman–Crippen LogP) is 2.26. The Morgan fingerprint density at radius 3 is 2.13 bits per heavy atom. The minimum Gasteiger partial charge on any atom is -0.365 e. The van der Waals surface area contributed by atoms with Crippen molar-refractivity contribution in [1.82, 2.24) is 0 Å². The number of epoxide rings is 2. The highest BCUT2D eigenvalue weighted by Crippen LogP contribution is 2.66. The molecule has 1 aromatic carbocycles. The van der Waals surface area contributed by atoms with Crippen molar-refractivity contribution in [2.45, 2.75) is 17.9 Å². The summed E-state index contributed by atoms with van der Waals surface area (Å²) >= 11 is 0. The second-order valence-corrected chi connectivity index (χ2v) is 7.25. The Hall–Kier alpha value is -0.630. The fourth-order valence-electron chi connectivity index (χ4n) is 1.85. The first kappa shape index (κ1) is 9.59. The lowest BCUT2D eigenvalue weighted by Crippen LogP contribution is -2.01. The summed E-state index contributed by atoms with van der Waals surface area (Å²) in [6.07, 6.45) is 0.614. The molecule has 2 unspecified atom stereocenters. The number of rotatable bonds is 4. The molecule has 15 heavy (non-hydrogen) atoms. The highest BCUT2D eigenvalue weighted by molar-refractivity contribution is 7.64. The van der Waals surface area contributed by atoms with Gasteiger partial charge in [-0.3, -0.25) is 0 Å². The van der Waals surface area contributed by atoms with Crippen LogP contribution in [0.15, 0.2) is 30.3 Å². The van der Waals surface area contributed by atoms with Crippen LogP contribution in [0.25, 0.3) is 0 Å². The lowest BCUT2D eigenvalue weighted by Gasteiger charge is -2.13. The Morgan fingerprint density at radius 2 is 1.67 bits per heavy atom. The molecule has 4 heteroatoms. The summed E-state index contributed by atoms with van der Waals surface area (Å²) < 4.78 is 23.1. The van der Waals surface area contributed by atoms with Gasteiger partial charge in [0.15, 0.2) is 7.14 Å². The summed E-state index contributed by atoms with van der Waals surface area (Å²) in [5.74, 6) is -0.0737. The second kappa shape index (κ2) is 3.44. The Bertz CT molecular complexity index is 380. The molecule has 0 bridgehead atoms. The summed E-state index contributed by atoms with van der Waals surface area (Å²) in [5, 5.41) is 0. The van der Waals surface area contributed by atoms with Gasteiger partial charge < -0.3 is 14.0 Å². The molecule has 0 spiro atoms. The normalized spacial score (nSPS) is 32.0. The highest BCUT2D eigenvalue weighted by atomic mass is 31.2. The van der Waals surface area contributed by atoms with E-state index in [2.05, 4.69) is 0 Å². The second-order valence-electron chi connectivity index (χ2n) is 4.07. The quantitative estimate of drug-likeness (QED) is 0.582. The van der Waals surface area contributed by atoms with E-state index < -0.39 is 7.14 Å².